The van der Waals surface area contributed by atoms with Crippen LogP contribution in [0.4, 0.5) is 4.39 Å². The van der Waals surface area contributed by atoms with Gasteiger partial charge in [-0.3, -0.25) is 0 Å². The van der Waals surface area contributed by atoms with Gasteiger partial charge in [-0.25, -0.2) is 4.39 Å². The molecule has 102 valence electrons. The number of alkyl halides is 1. The number of rotatable bonds is 8. The van der Waals surface area contributed by atoms with E-state index >= 15 is 0 Å². The maximum atomic E-state index is 13.0. The summed E-state index contributed by atoms with van der Waals surface area (Å²) in [5, 5.41) is 3.28. The lowest BCUT2D eigenvalue weighted by molar-refractivity contribution is 0.201. The molecule has 0 spiro atoms. The summed E-state index contributed by atoms with van der Waals surface area (Å²) in [5.74, 6) is 0.720. The summed E-state index contributed by atoms with van der Waals surface area (Å²) in [7, 11) is 0. The van der Waals surface area contributed by atoms with Crippen molar-refractivity contribution in [3.8, 4) is 5.75 Å². The molecule has 0 amide bonds. The molecule has 0 aliphatic carbocycles. The summed E-state index contributed by atoms with van der Waals surface area (Å²) in [6.45, 7) is 6.02. The molecule has 0 unspecified atom stereocenters. The number of aryl methyl sites for hydroxylation is 1. The van der Waals surface area contributed by atoms with Crippen LogP contribution in [0.3, 0.4) is 0 Å². The third-order valence-electron chi connectivity index (χ3n) is 2.64. The molecule has 1 atom stereocenters. The first-order valence-corrected chi connectivity index (χ1v) is 6.44. The molecule has 18 heavy (non-hydrogen) atoms. The van der Waals surface area contributed by atoms with Gasteiger partial charge in [0.05, 0.1) is 0 Å². The number of halogens is 1. The quantitative estimate of drug-likeness (QED) is 0.696. The Morgan fingerprint density at radius 3 is 2.83 bits per heavy atom. The highest BCUT2D eigenvalue weighted by Crippen LogP contribution is 2.17. The van der Waals surface area contributed by atoms with Crippen LogP contribution in [0.2, 0.25) is 0 Å². The Morgan fingerprint density at radius 1 is 1.39 bits per heavy atom. The number of nitrogens with one attached hydrogen (secondary N) is 1. The first-order valence-electron chi connectivity index (χ1n) is 6.44. The minimum absolute atomic E-state index is 0.000900. The Bertz CT molecular complexity index is 358. The van der Waals surface area contributed by atoms with Crippen molar-refractivity contribution in [2.45, 2.75) is 26.4 Å². The van der Waals surface area contributed by atoms with Crippen LogP contribution in [0.5, 0.6) is 5.75 Å². The maximum Gasteiger partial charge on any atom is 0.146 e. The van der Waals surface area contributed by atoms with Gasteiger partial charge in [-0.2, -0.15) is 0 Å². The Kier molecular flexibility index (Phi) is 6.68. The van der Waals surface area contributed by atoms with Gasteiger partial charge in [0.1, 0.15) is 18.5 Å². The second-order valence-corrected chi connectivity index (χ2v) is 4.40. The van der Waals surface area contributed by atoms with Crippen molar-refractivity contribution in [3.05, 3.63) is 29.3 Å². The molecule has 0 aromatic heterocycles. The molecule has 0 aliphatic rings. The lowest BCUT2D eigenvalue weighted by Crippen LogP contribution is -2.22. The third kappa shape index (κ3) is 5.47. The van der Waals surface area contributed by atoms with Gasteiger partial charge in [-0.05, 0) is 49.7 Å². The monoisotopic (exact) mass is 254 g/mol. The standard InChI is InChI=1S/C14H23FN2O/c1-3-17-5-4-12-6-11(2)7-14(8-12)18-10-13(15)9-16/h6-8,13,17H,3-5,9-10,16H2,1-2H3/t13-/m1/s1. The van der Waals surface area contributed by atoms with Crippen molar-refractivity contribution in [3.63, 3.8) is 0 Å². The van der Waals surface area contributed by atoms with Crippen molar-refractivity contribution < 1.29 is 9.13 Å². The molecule has 0 saturated carbocycles. The van der Waals surface area contributed by atoms with Gasteiger partial charge in [-0.15, -0.1) is 0 Å². The number of hydrogen-bond donors (Lipinski definition) is 2. The summed E-state index contributed by atoms with van der Waals surface area (Å²) in [5.41, 5.74) is 7.54. The van der Waals surface area contributed by atoms with E-state index in [4.69, 9.17) is 10.5 Å². The van der Waals surface area contributed by atoms with Gasteiger partial charge < -0.3 is 15.8 Å². The molecule has 1 aromatic rings. The molecule has 0 heterocycles. The van der Waals surface area contributed by atoms with E-state index in [2.05, 4.69) is 18.3 Å². The minimum Gasteiger partial charge on any atom is -0.490 e. The Hall–Kier alpha value is -1.13. The fourth-order valence-electron chi connectivity index (χ4n) is 1.72. The van der Waals surface area contributed by atoms with Crippen molar-refractivity contribution in [1.82, 2.24) is 5.32 Å². The zero-order valence-electron chi connectivity index (χ0n) is 11.2. The molecular weight excluding hydrogens is 231 g/mol. The van der Waals surface area contributed by atoms with Gasteiger partial charge in [0, 0.05) is 6.54 Å². The molecule has 4 heteroatoms. The van der Waals surface area contributed by atoms with E-state index in [1.807, 2.05) is 19.1 Å². The fraction of sp³-hybridized carbons (Fsp3) is 0.571. The van der Waals surface area contributed by atoms with Crippen molar-refractivity contribution in [1.29, 1.82) is 0 Å². The van der Waals surface area contributed by atoms with Crippen molar-refractivity contribution in [2.75, 3.05) is 26.2 Å². The summed E-state index contributed by atoms with van der Waals surface area (Å²) < 4.78 is 18.4. The van der Waals surface area contributed by atoms with Crippen LogP contribution in [-0.2, 0) is 6.42 Å². The smallest absolute Gasteiger partial charge is 0.146 e. The second kappa shape index (κ2) is 8.06. The topological polar surface area (TPSA) is 47.3 Å². The van der Waals surface area contributed by atoms with Crippen LogP contribution in [0.15, 0.2) is 18.2 Å². The highest BCUT2D eigenvalue weighted by atomic mass is 19.1. The predicted octanol–water partition coefficient (Wildman–Crippen LogP) is 1.82. The highest BCUT2D eigenvalue weighted by Gasteiger charge is 2.05. The molecule has 1 aromatic carbocycles. The zero-order chi connectivity index (χ0) is 13.4. The van der Waals surface area contributed by atoms with Gasteiger partial charge >= 0.3 is 0 Å². The van der Waals surface area contributed by atoms with E-state index in [0.717, 1.165) is 30.8 Å². The Morgan fingerprint density at radius 2 is 2.17 bits per heavy atom. The average Bonchev–Trinajstić information content (AvgIpc) is 2.35. The molecule has 0 bridgehead atoms. The lowest BCUT2D eigenvalue weighted by atomic mass is 10.1. The van der Waals surface area contributed by atoms with Gasteiger partial charge in [0.2, 0.25) is 0 Å². The van der Waals surface area contributed by atoms with E-state index in [1.165, 1.54) is 5.56 Å². The first kappa shape index (κ1) is 14.9. The molecule has 0 fully saturated rings. The Labute approximate surface area is 109 Å². The molecule has 0 saturated heterocycles. The summed E-state index contributed by atoms with van der Waals surface area (Å²) in [4.78, 5) is 0. The fourth-order valence-corrected chi connectivity index (χ4v) is 1.72. The van der Waals surface area contributed by atoms with Crippen LogP contribution >= 0.6 is 0 Å². The van der Waals surface area contributed by atoms with Crippen LogP contribution in [0, 0.1) is 6.92 Å². The number of hydrogen-bond acceptors (Lipinski definition) is 3. The third-order valence-corrected chi connectivity index (χ3v) is 2.64. The number of nitrogens with two attached hydrogens (primary N) is 1. The van der Waals surface area contributed by atoms with Gasteiger partial charge in [0.25, 0.3) is 0 Å². The first-order chi connectivity index (χ1) is 8.65. The summed E-state index contributed by atoms with van der Waals surface area (Å²) in [6.07, 6.45) is -0.155. The largest absolute Gasteiger partial charge is 0.490 e. The second-order valence-electron chi connectivity index (χ2n) is 4.40. The van der Waals surface area contributed by atoms with E-state index in [1.54, 1.807) is 0 Å². The van der Waals surface area contributed by atoms with Crippen LogP contribution < -0.4 is 15.8 Å². The van der Waals surface area contributed by atoms with Crippen molar-refractivity contribution >= 4 is 0 Å². The number of likely N-dealkylation sites (N-methyl/N-ethyl adjacent to an activating group) is 1. The normalized spacial score (nSPS) is 12.4. The maximum absolute atomic E-state index is 13.0. The van der Waals surface area contributed by atoms with E-state index in [9.17, 15) is 4.39 Å². The lowest BCUT2D eigenvalue weighted by Gasteiger charge is -2.11. The molecule has 3 nitrogen and oxygen atoms in total. The van der Waals surface area contributed by atoms with Gasteiger partial charge in [0.15, 0.2) is 0 Å². The van der Waals surface area contributed by atoms with E-state index < -0.39 is 6.17 Å². The number of benzene rings is 1. The van der Waals surface area contributed by atoms with Gasteiger partial charge in [-0.1, -0.05) is 13.0 Å². The zero-order valence-corrected chi connectivity index (χ0v) is 11.2. The van der Waals surface area contributed by atoms with Crippen LogP contribution in [-0.4, -0.2) is 32.4 Å². The summed E-state index contributed by atoms with van der Waals surface area (Å²) >= 11 is 0. The predicted molar refractivity (Wildman–Crippen MR) is 72.9 cm³/mol. The van der Waals surface area contributed by atoms with Crippen LogP contribution in [0.1, 0.15) is 18.1 Å². The highest BCUT2D eigenvalue weighted by molar-refractivity contribution is 5.34. The van der Waals surface area contributed by atoms with Crippen molar-refractivity contribution in [2.24, 2.45) is 5.73 Å². The minimum atomic E-state index is -1.10. The Balaban J connectivity index is 2.56. The van der Waals surface area contributed by atoms with E-state index in [0.29, 0.717) is 0 Å². The molecular formula is C14H23FN2O. The molecule has 0 aliphatic heterocycles. The average molecular weight is 254 g/mol. The SMILES string of the molecule is CCNCCc1cc(C)cc(OC[C@H](F)CN)c1. The number of ether oxygens (including phenoxy) is 1. The molecule has 3 N–H and O–H groups in total. The van der Waals surface area contributed by atoms with Crippen LogP contribution in [0.25, 0.3) is 0 Å². The summed E-state index contributed by atoms with van der Waals surface area (Å²) in [6, 6.07) is 6.01. The molecule has 1 rings (SSSR count). The van der Waals surface area contributed by atoms with E-state index in [-0.39, 0.29) is 13.2 Å². The molecule has 0 radical (unpaired) electrons.